The molecule has 4 aromatic rings. The number of halogens is 1. The van der Waals surface area contributed by atoms with E-state index in [0.29, 0.717) is 39.7 Å². The van der Waals surface area contributed by atoms with E-state index in [2.05, 4.69) is 25.9 Å². The summed E-state index contributed by atoms with van der Waals surface area (Å²) in [6, 6.07) is 15.4. The Morgan fingerprint density at radius 1 is 1.03 bits per heavy atom. The molecular formula is C26H25FN6O4. The number of rotatable bonds is 9. The molecular weight excluding hydrogens is 479 g/mol. The summed E-state index contributed by atoms with van der Waals surface area (Å²) in [6.45, 7) is 0.255. The molecule has 2 aromatic heterocycles. The van der Waals surface area contributed by atoms with E-state index in [1.165, 1.54) is 12.1 Å². The third-order valence-corrected chi connectivity index (χ3v) is 5.21. The number of urea groups is 1. The molecule has 37 heavy (non-hydrogen) atoms. The van der Waals surface area contributed by atoms with Gasteiger partial charge in [0, 0.05) is 37.2 Å². The van der Waals surface area contributed by atoms with Crippen molar-refractivity contribution in [3.05, 3.63) is 90.0 Å². The molecule has 0 unspecified atom stereocenters. The van der Waals surface area contributed by atoms with Crippen LogP contribution < -0.4 is 26.4 Å². The molecule has 11 heteroatoms. The predicted octanol–water partition coefficient (Wildman–Crippen LogP) is 3.83. The fourth-order valence-electron chi connectivity index (χ4n) is 3.39. The van der Waals surface area contributed by atoms with Crippen LogP contribution in [0.15, 0.2) is 73.1 Å². The number of benzene rings is 2. The maximum Gasteiger partial charge on any atom is 0.323 e. The van der Waals surface area contributed by atoms with E-state index in [-0.39, 0.29) is 31.3 Å². The first kappa shape index (κ1) is 25.4. The third kappa shape index (κ3) is 6.69. The topological polar surface area (TPSA) is 154 Å². The molecule has 4 rings (SSSR count). The Hall–Kier alpha value is -4.74. The molecule has 10 nitrogen and oxygen atoms in total. The van der Waals surface area contributed by atoms with Crippen LogP contribution in [0.3, 0.4) is 0 Å². The first-order chi connectivity index (χ1) is 17.9. The van der Waals surface area contributed by atoms with E-state index < -0.39 is 11.8 Å². The van der Waals surface area contributed by atoms with Gasteiger partial charge < -0.3 is 36.5 Å². The highest BCUT2D eigenvalue weighted by molar-refractivity contribution is 6.00. The van der Waals surface area contributed by atoms with Crippen molar-refractivity contribution in [2.24, 2.45) is 5.73 Å². The van der Waals surface area contributed by atoms with Crippen molar-refractivity contribution in [2.45, 2.75) is 6.54 Å². The highest BCUT2D eigenvalue weighted by atomic mass is 19.1. The number of carbonyl (C=O) groups excluding carboxylic acids is 2. The second-order valence-electron chi connectivity index (χ2n) is 7.88. The number of nitrogens with zero attached hydrogens (tertiary/aromatic N) is 1. The second-order valence-corrected chi connectivity index (χ2v) is 7.88. The maximum absolute atomic E-state index is 14.0. The Balaban J connectivity index is 1.37. The van der Waals surface area contributed by atoms with Gasteiger partial charge in [0.25, 0.3) is 5.91 Å². The highest BCUT2D eigenvalue weighted by Crippen LogP contribution is 2.27. The van der Waals surface area contributed by atoms with Gasteiger partial charge in [-0.3, -0.25) is 9.78 Å². The summed E-state index contributed by atoms with van der Waals surface area (Å²) in [4.78, 5) is 31.6. The fourth-order valence-corrected chi connectivity index (χ4v) is 3.39. The number of ether oxygens (including phenoxy) is 1. The van der Waals surface area contributed by atoms with Crippen LogP contribution in [0.5, 0.6) is 11.5 Å². The lowest BCUT2D eigenvalue weighted by Crippen LogP contribution is -2.25. The summed E-state index contributed by atoms with van der Waals surface area (Å²) >= 11 is 0. The van der Waals surface area contributed by atoms with Crippen LogP contribution in [-0.4, -0.2) is 40.2 Å². The van der Waals surface area contributed by atoms with Crippen molar-refractivity contribution >= 4 is 23.3 Å². The quantitative estimate of drug-likeness (QED) is 0.204. The molecule has 190 valence electrons. The zero-order valence-corrected chi connectivity index (χ0v) is 19.6. The number of aliphatic hydroxyl groups is 1. The molecule has 0 atom stereocenters. The Morgan fingerprint density at radius 2 is 1.84 bits per heavy atom. The number of nitrogens with two attached hydrogens (primary N) is 1. The van der Waals surface area contributed by atoms with Crippen LogP contribution in [0.25, 0.3) is 11.4 Å². The largest absolute Gasteiger partial charge is 0.457 e. The number of aromatic nitrogens is 2. The van der Waals surface area contributed by atoms with E-state index >= 15 is 0 Å². The number of amides is 3. The van der Waals surface area contributed by atoms with Crippen molar-refractivity contribution in [1.29, 1.82) is 0 Å². The normalized spacial score (nSPS) is 10.6. The molecule has 0 aliphatic carbocycles. The van der Waals surface area contributed by atoms with Crippen LogP contribution in [0.2, 0.25) is 0 Å². The Labute approximate surface area is 211 Å². The van der Waals surface area contributed by atoms with Crippen LogP contribution in [0, 0.1) is 5.82 Å². The lowest BCUT2D eigenvalue weighted by molar-refractivity contribution is 0.0945. The summed E-state index contributed by atoms with van der Waals surface area (Å²) in [7, 11) is 0. The number of anilines is 2. The molecule has 0 bridgehead atoms. The summed E-state index contributed by atoms with van der Waals surface area (Å²) < 4.78 is 19.8. The van der Waals surface area contributed by atoms with Crippen molar-refractivity contribution in [2.75, 3.05) is 23.8 Å². The number of aromatic amines is 1. The standard InChI is InChI=1S/C26H25FN6O4/c27-21-6-1-16(14-28)11-22(21)33-26(36)32-18-2-4-19(5-3-18)37-20-7-8-29-24(13-20)23-12-17(15-31-23)25(35)30-9-10-34/h1-8,11-13,15,31,34H,9-10,14,28H2,(H,30,35)(H2,32,33,36). The monoisotopic (exact) mass is 504 g/mol. The van der Waals surface area contributed by atoms with Gasteiger partial charge in [-0.05, 0) is 54.1 Å². The van der Waals surface area contributed by atoms with Gasteiger partial charge in [0.1, 0.15) is 17.3 Å². The van der Waals surface area contributed by atoms with Gasteiger partial charge in [-0.15, -0.1) is 0 Å². The van der Waals surface area contributed by atoms with Gasteiger partial charge in [-0.25, -0.2) is 9.18 Å². The summed E-state index contributed by atoms with van der Waals surface area (Å²) in [5.74, 6) is 0.161. The maximum atomic E-state index is 14.0. The molecule has 0 radical (unpaired) electrons. The van der Waals surface area contributed by atoms with Crippen LogP contribution >= 0.6 is 0 Å². The molecule has 2 heterocycles. The number of nitrogens with one attached hydrogen (secondary N) is 4. The number of aliphatic hydroxyl groups excluding tert-OH is 1. The predicted molar refractivity (Wildman–Crippen MR) is 137 cm³/mol. The fraction of sp³-hybridized carbons (Fsp3) is 0.115. The molecule has 0 spiro atoms. The molecule has 0 aliphatic rings. The van der Waals surface area contributed by atoms with Gasteiger partial charge >= 0.3 is 6.03 Å². The Morgan fingerprint density at radius 3 is 2.59 bits per heavy atom. The van der Waals surface area contributed by atoms with E-state index in [0.717, 1.165) is 0 Å². The van der Waals surface area contributed by atoms with Gasteiger partial charge in [-0.2, -0.15) is 0 Å². The van der Waals surface area contributed by atoms with E-state index in [1.807, 2.05) is 0 Å². The average molecular weight is 505 g/mol. The summed E-state index contributed by atoms with van der Waals surface area (Å²) in [5.41, 5.74) is 8.38. The lowest BCUT2D eigenvalue weighted by atomic mass is 10.2. The van der Waals surface area contributed by atoms with E-state index in [1.54, 1.807) is 60.9 Å². The minimum Gasteiger partial charge on any atom is -0.457 e. The minimum absolute atomic E-state index is 0.0360. The number of carbonyl (C=O) groups is 2. The molecule has 0 fully saturated rings. The third-order valence-electron chi connectivity index (χ3n) is 5.21. The molecule has 0 aliphatic heterocycles. The second kappa shape index (κ2) is 11.8. The van der Waals surface area contributed by atoms with Gasteiger partial charge in [0.2, 0.25) is 0 Å². The molecule has 0 saturated heterocycles. The molecule has 0 saturated carbocycles. The first-order valence-electron chi connectivity index (χ1n) is 11.3. The van der Waals surface area contributed by atoms with E-state index in [4.69, 9.17) is 15.6 Å². The van der Waals surface area contributed by atoms with Crippen molar-refractivity contribution in [1.82, 2.24) is 15.3 Å². The Bertz CT molecular complexity index is 1390. The van der Waals surface area contributed by atoms with Crippen molar-refractivity contribution in [3.8, 4) is 22.9 Å². The van der Waals surface area contributed by atoms with Gasteiger partial charge in [0.05, 0.1) is 29.2 Å². The van der Waals surface area contributed by atoms with Crippen molar-refractivity contribution < 1.29 is 23.8 Å². The Kier molecular flexibility index (Phi) is 8.08. The molecule has 7 N–H and O–H groups in total. The molecule has 3 amide bonds. The first-order valence-corrected chi connectivity index (χ1v) is 11.3. The average Bonchev–Trinajstić information content (AvgIpc) is 3.40. The highest BCUT2D eigenvalue weighted by Gasteiger charge is 2.11. The van der Waals surface area contributed by atoms with E-state index in [9.17, 15) is 14.0 Å². The van der Waals surface area contributed by atoms with Gasteiger partial charge in [0.15, 0.2) is 0 Å². The van der Waals surface area contributed by atoms with Crippen LogP contribution in [0.1, 0.15) is 15.9 Å². The number of H-pyrrole nitrogens is 1. The molecule has 2 aromatic carbocycles. The lowest BCUT2D eigenvalue weighted by Gasteiger charge is -2.11. The van der Waals surface area contributed by atoms with Crippen LogP contribution in [-0.2, 0) is 6.54 Å². The number of hydrogen-bond donors (Lipinski definition) is 6. The number of pyridine rings is 1. The SMILES string of the molecule is NCc1ccc(F)c(NC(=O)Nc2ccc(Oc3ccnc(-c4cc(C(=O)NCCO)c[nH]4)c3)cc2)c1. The zero-order valence-electron chi connectivity index (χ0n) is 19.6. The number of hydrogen-bond acceptors (Lipinski definition) is 6. The zero-order chi connectivity index (χ0) is 26.2. The van der Waals surface area contributed by atoms with Crippen molar-refractivity contribution in [3.63, 3.8) is 0 Å². The minimum atomic E-state index is -0.601. The summed E-state index contributed by atoms with van der Waals surface area (Å²) in [5, 5.41) is 16.5. The van der Waals surface area contributed by atoms with Gasteiger partial charge in [-0.1, -0.05) is 6.07 Å². The van der Waals surface area contributed by atoms with Crippen LogP contribution in [0.4, 0.5) is 20.6 Å². The summed E-state index contributed by atoms with van der Waals surface area (Å²) in [6.07, 6.45) is 3.14. The smallest absolute Gasteiger partial charge is 0.323 e.